The van der Waals surface area contributed by atoms with Crippen LogP contribution in [0.3, 0.4) is 0 Å². The highest BCUT2D eigenvalue weighted by atomic mass is 16.2. The molecule has 2 saturated heterocycles. The summed E-state index contributed by atoms with van der Waals surface area (Å²) < 4.78 is 0. The molecule has 7 nitrogen and oxygen atoms in total. The standard InChI is InChI=1S/C14H27N5O2/c15-12-2-6-18(7-3-12)11-14(21)19-5-1-4-17(8-9-19)10-13(16)20/h12H,1-11,15H2,(H2,16,20). The minimum Gasteiger partial charge on any atom is -0.369 e. The van der Waals surface area contributed by atoms with Crippen LogP contribution in [0.15, 0.2) is 0 Å². The van der Waals surface area contributed by atoms with E-state index in [1.807, 2.05) is 9.80 Å². The quantitative estimate of drug-likeness (QED) is 0.653. The van der Waals surface area contributed by atoms with Crippen LogP contribution in [0.5, 0.6) is 0 Å². The Hall–Kier alpha value is -1.18. The molecular weight excluding hydrogens is 270 g/mol. The maximum absolute atomic E-state index is 12.4. The van der Waals surface area contributed by atoms with Crippen molar-refractivity contribution in [1.29, 1.82) is 0 Å². The maximum Gasteiger partial charge on any atom is 0.236 e. The number of piperidine rings is 1. The van der Waals surface area contributed by atoms with E-state index in [4.69, 9.17) is 11.5 Å². The van der Waals surface area contributed by atoms with Crippen molar-refractivity contribution < 1.29 is 9.59 Å². The second kappa shape index (κ2) is 7.72. The number of primary amides is 1. The van der Waals surface area contributed by atoms with Gasteiger partial charge < -0.3 is 16.4 Å². The van der Waals surface area contributed by atoms with Gasteiger partial charge >= 0.3 is 0 Å². The van der Waals surface area contributed by atoms with Gasteiger partial charge in [0.05, 0.1) is 13.1 Å². The average molecular weight is 297 g/mol. The highest BCUT2D eigenvalue weighted by Crippen LogP contribution is 2.09. The van der Waals surface area contributed by atoms with Gasteiger partial charge in [-0.15, -0.1) is 0 Å². The van der Waals surface area contributed by atoms with E-state index in [0.29, 0.717) is 13.1 Å². The highest BCUT2D eigenvalue weighted by molar-refractivity contribution is 5.78. The largest absolute Gasteiger partial charge is 0.369 e. The third-order valence-electron chi connectivity index (χ3n) is 4.31. The van der Waals surface area contributed by atoms with Crippen LogP contribution in [-0.2, 0) is 9.59 Å². The molecule has 21 heavy (non-hydrogen) atoms. The van der Waals surface area contributed by atoms with Crippen molar-refractivity contribution >= 4 is 11.8 Å². The zero-order valence-corrected chi connectivity index (χ0v) is 12.7. The Kier molecular flexibility index (Phi) is 5.96. The summed E-state index contributed by atoms with van der Waals surface area (Å²) in [4.78, 5) is 29.5. The number of amides is 2. The molecule has 0 saturated carbocycles. The first-order chi connectivity index (χ1) is 10.0. The molecule has 2 aliphatic rings. The smallest absolute Gasteiger partial charge is 0.236 e. The summed E-state index contributed by atoms with van der Waals surface area (Å²) in [5, 5.41) is 0. The minimum atomic E-state index is -0.306. The van der Waals surface area contributed by atoms with E-state index in [1.165, 1.54) is 0 Å². The van der Waals surface area contributed by atoms with E-state index in [9.17, 15) is 9.59 Å². The van der Waals surface area contributed by atoms with E-state index in [-0.39, 0.29) is 24.4 Å². The number of carbonyl (C=O) groups is 2. The highest BCUT2D eigenvalue weighted by Gasteiger charge is 2.23. The van der Waals surface area contributed by atoms with Crippen LogP contribution in [0.25, 0.3) is 0 Å². The van der Waals surface area contributed by atoms with Gasteiger partial charge in [0.25, 0.3) is 0 Å². The molecule has 0 aromatic heterocycles. The fourth-order valence-electron chi connectivity index (χ4n) is 3.00. The summed E-state index contributed by atoms with van der Waals surface area (Å²) in [5.41, 5.74) is 11.1. The van der Waals surface area contributed by atoms with Crippen molar-refractivity contribution in [1.82, 2.24) is 14.7 Å². The molecule has 0 unspecified atom stereocenters. The minimum absolute atomic E-state index is 0.186. The first kappa shape index (κ1) is 16.2. The Morgan fingerprint density at radius 2 is 1.57 bits per heavy atom. The number of hydrogen-bond acceptors (Lipinski definition) is 5. The van der Waals surface area contributed by atoms with E-state index < -0.39 is 0 Å². The van der Waals surface area contributed by atoms with Crippen LogP contribution in [0.4, 0.5) is 0 Å². The maximum atomic E-state index is 12.4. The predicted molar refractivity (Wildman–Crippen MR) is 80.5 cm³/mol. The molecule has 0 aliphatic carbocycles. The third-order valence-corrected chi connectivity index (χ3v) is 4.31. The average Bonchev–Trinajstić information content (AvgIpc) is 2.66. The normalized spacial score (nSPS) is 23.0. The molecule has 0 bridgehead atoms. The molecule has 2 fully saturated rings. The number of rotatable bonds is 4. The molecule has 2 aliphatic heterocycles. The van der Waals surface area contributed by atoms with Gasteiger partial charge in [-0.05, 0) is 19.3 Å². The molecule has 0 spiro atoms. The fourth-order valence-corrected chi connectivity index (χ4v) is 3.00. The van der Waals surface area contributed by atoms with Gasteiger partial charge in [0, 0.05) is 45.3 Å². The number of hydrogen-bond donors (Lipinski definition) is 2. The van der Waals surface area contributed by atoms with Gasteiger partial charge in [-0.2, -0.15) is 0 Å². The van der Waals surface area contributed by atoms with Gasteiger partial charge in [-0.25, -0.2) is 0 Å². The molecule has 7 heteroatoms. The van der Waals surface area contributed by atoms with E-state index in [0.717, 1.165) is 52.0 Å². The third kappa shape index (κ3) is 5.26. The van der Waals surface area contributed by atoms with Gasteiger partial charge in [-0.1, -0.05) is 0 Å². The van der Waals surface area contributed by atoms with Crippen molar-refractivity contribution in [3.8, 4) is 0 Å². The molecule has 4 N–H and O–H groups in total. The molecule has 0 aromatic carbocycles. The molecule has 0 atom stereocenters. The second-order valence-electron chi connectivity index (χ2n) is 6.09. The van der Waals surface area contributed by atoms with Gasteiger partial charge in [0.1, 0.15) is 0 Å². The fraction of sp³-hybridized carbons (Fsp3) is 0.857. The van der Waals surface area contributed by atoms with E-state index in [2.05, 4.69) is 4.90 Å². The van der Waals surface area contributed by atoms with Crippen LogP contribution in [0, 0.1) is 0 Å². The lowest BCUT2D eigenvalue weighted by Gasteiger charge is -2.31. The lowest BCUT2D eigenvalue weighted by Crippen LogP contribution is -2.46. The predicted octanol–water partition coefficient (Wildman–Crippen LogP) is -1.57. The van der Waals surface area contributed by atoms with Crippen molar-refractivity contribution in [2.24, 2.45) is 11.5 Å². The Morgan fingerprint density at radius 1 is 0.905 bits per heavy atom. The van der Waals surface area contributed by atoms with Gasteiger partial charge in [0.15, 0.2) is 0 Å². The molecule has 2 heterocycles. The monoisotopic (exact) mass is 297 g/mol. The van der Waals surface area contributed by atoms with E-state index >= 15 is 0 Å². The molecule has 0 radical (unpaired) electrons. The summed E-state index contributed by atoms with van der Waals surface area (Å²) in [6.07, 6.45) is 2.84. The van der Waals surface area contributed by atoms with Crippen molar-refractivity contribution in [3.63, 3.8) is 0 Å². The van der Waals surface area contributed by atoms with Crippen LogP contribution < -0.4 is 11.5 Å². The Morgan fingerprint density at radius 3 is 2.24 bits per heavy atom. The zero-order valence-electron chi connectivity index (χ0n) is 12.7. The lowest BCUT2D eigenvalue weighted by molar-refractivity contribution is -0.132. The Balaban J connectivity index is 1.76. The number of carbonyl (C=O) groups excluding carboxylic acids is 2. The van der Waals surface area contributed by atoms with Crippen molar-refractivity contribution in [2.45, 2.75) is 25.3 Å². The molecule has 120 valence electrons. The Labute approximate surface area is 126 Å². The van der Waals surface area contributed by atoms with E-state index in [1.54, 1.807) is 0 Å². The zero-order chi connectivity index (χ0) is 15.2. The van der Waals surface area contributed by atoms with Gasteiger partial charge in [-0.3, -0.25) is 19.4 Å². The SMILES string of the molecule is NC(=O)CN1CCCN(C(=O)CN2CCC(N)CC2)CC1. The topological polar surface area (TPSA) is 95.9 Å². The number of nitrogens with two attached hydrogens (primary N) is 2. The second-order valence-corrected chi connectivity index (χ2v) is 6.09. The first-order valence-corrected chi connectivity index (χ1v) is 7.81. The van der Waals surface area contributed by atoms with Crippen LogP contribution in [0.1, 0.15) is 19.3 Å². The number of likely N-dealkylation sites (tertiary alicyclic amines) is 1. The molecule has 2 amide bonds. The summed E-state index contributed by atoms with van der Waals surface area (Å²) in [6.45, 7) is 5.59. The molecule has 0 aromatic rings. The summed E-state index contributed by atoms with van der Waals surface area (Å²) >= 11 is 0. The number of nitrogens with zero attached hydrogens (tertiary/aromatic N) is 3. The van der Waals surface area contributed by atoms with Crippen molar-refractivity contribution in [3.05, 3.63) is 0 Å². The lowest BCUT2D eigenvalue weighted by atomic mass is 10.1. The summed E-state index contributed by atoms with van der Waals surface area (Å²) in [5.74, 6) is -0.120. The van der Waals surface area contributed by atoms with Crippen molar-refractivity contribution in [2.75, 3.05) is 52.4 Å². The molecule has 2 rings (SSSR count). The van der Waals surface area contributed by atoms with Crippen LogP contribution in [-0.4, -0.2) is 84.9 Å². The van der Waals surface area contributed by atoms with Gasteiger partial charge in [0.2, 0.25) is 11.8 Å². The molecular formula is C14H27N5O2. The first-order valence-electron chi connectivity index (χ1n) is 7.81. The Bertz CT molecular complexity index is 368. The summed E-state index contributed by atoms with van der Waals surface area (Å²) in [7, 11) is 0. The van der Waals surface area contributed by atoms with Crippen LogP contribution >= 0.6 is 0 Å². The summed E-state index contributed by atoms with van der Waals surface area (Å²) in [6, 6.07) is 0.289. The van der Waals surface area contributed by atoms with Crippen LogP contribution in [0.2, 0.25) is 0 Å².